The van der Waals surface area contributed by atoms with Gasteiger partial charge in [0.2, 0.25) is 5.95 Å². The number of hydrogen-bond acceptors (Lipinski definition) is 5. The van der Waals surface area contributed by atoms with Crippen LogP contribution in [-0.2, 0) is 0 Å². The molecule has 0 fully saturated rings. The van der Waals surface area contributed by atoms with Crippen molar-refractivity contribution in [2.75, 3.05) is 17.7 Å². The van der Waals surface area contributed by atoms with Crippen LogP contribution in [0.5, 0.6) is 5.75 Å². The molecule has 0 spiro atoms. The molecule has 0 atom stereocenters. The number of methoxy groups -OCH3 is 1. The van der Waals surface area contributed by atoms with Crippen molar-refractivity contribution in [1.82, 2.24) is 9.97 Å². The normalized spacial score (nSPS) is 10.5. The van der Waals surface area contributed by atoms with Gasteiger partial charge in [0.15, 0.2) is 0 Å². The van der Waals surface area contributed by atoms with E-state index in [1.54, 1.807) is 25.3 Å². The summed E-state index contributed by atoms with van der Waals surface area (Å²) in [6.45, 7) is 5.68. The van der Waals surface area contributed by atoms with Crippen LogP contribution in [-0.4, -0.2) is 23.0 Å². The molecule has 2 N–H and O–H groups in total. The van der Waals surface area contributed by atoms with Crippen LogP contribution in [0.25, 0.3) is 0 Å². The highest BCUT2D eigenvalue weighted by Crippen LogP contribution is 2.27. The van der Waals surface area contributed by atoms with E-state index in [-0.39, 0.29) is 11.6 Å². The molecule has 6 nitrogen and oxygen atoms in total. The summed E-state index contributed by atoms with van der Waals surface area (Å²) in [5, 5.41) is 6.54. The summed E-state index contributed by atoms with van der Waals surface area (Å²) < 4.78 is 5.37. The molecule has 144 valence electrons. The summed E-state index contributed by atoms with van der Waals surface area (Å²) in [5.41, 5.74) is 4.25. The van der Waals surface area contributed by atoms with Gasteiger partial charge < -0.3 is 15.4 Å². The van der Waals surface area contributed by atoms with Crippen molar-refractivity contribution in [2.24, 2.45) is 0 Å². The molecule has 28 heavy (non-hydrogen) atoms. The van der Waals surface area contributed by atoms with Gasteiger partial charge in [0, 0.05) is 16.4 Å². The minimum atomic E-state index is -0.338. The van der Waals surface area contributed by atoms with Crippen molar-refractivity contribution in [2.45, 2.75) is 20.8 Å². The molecule has 0 saturated heterocycles. The molecule has 1 heterocycles. The maximum atomic E-state index is 12.7. The number of ether oxygens (including phenoxy) is 1. The van der Waals surface area contributed by atoms with Crippen LogP contribution in [0.1, 0.15) is 27.3 Å². The molecule has 0 aliphatic rings. The summed E-state index contributed by atoms with van der Waals surface area (Å²) >= 11 is 6.03. The van der Waals surface area contributed by atoms with Gasteiger partial charge in [-0.25, -0.2) is 9.97 Å². The smallest absolute Gasteiger partial charge is 0.274 e. The Morgan fingerprint density at radius 1 is 1.00 bits per heavy atom. The van der Waals surface area contributed by atoms with Crippen LogP contribution in [0.2, 0.25) is 5.02 Å². The number of aromatic nitrogens is 2. The van der Waals surface area contributed by atoms with Gasteiger partial charge in [0.05, 0.1) is 12.8 Å². The Balaban J connectivity index is 1.88. The molecule has 0 unspecified atom stereocenters. The number of amides is 1. The van der Waals surface area contributed by atoms with Crippen LogP contribution in [0.15, 0.2) is 42.5 Å². The average Bonchev–Trinajstić information content (AvgIpc) is 2.64. The number of benzene rings is 2. The van der Waals surface area contributed by atoms with Crippen molar-refractivity contribution >= 4 is 34.8 Å². The Bertz CT molecular complexity index is 1040. The lowest BCUT2D eigenvalue weighted by Gasteiger charge is -2.13. The Kier molecular flexibility index (Phi) is 5.80. The fourth-order valence-corrected chi connectivity index (χ4v) is 2.87. The number of halogens is 1. The van der Waals surface area contributed by atoms with Crippen LogP contribution in [0.4, 0.5) is 17.3 Å². The van der Waals surface area contributed by atoms with Crippen molar-refractivity contribution < 1.29 is 9.53 Å². The highest BCUT2D eigenvalue weighted by Gasteiger charge is 2.14. The van der Waals surface area contributed by atoms with E-state index in [2.05, 4.69) is 20.6 Å². The number of aryl methyl sites for hydroxylation is 3. The number of anilines is 3. The molecule has 7 heteroatoms. The van der Waals surface area contributed by atoms with Gasteiger partial charge in [-0.2, -0.15) is 0 Å². The quantitative estimate of drug-likeness (QED) is 0.630. The van der Waals surface area contributed by atoms with Crippen molar-refractivity contribution in [3.05, 3.63) is 70.0 Å². The number of hydrogen-bond donors (Lipinski definition) is 2. The van der Waals surface area contributed by atoms with Gasteiger partial charge in [0.25, 0.3) is 5.91 Å². The van der Waals surface area contributed by atoms with Crippen LogP contribution in [0, 0.1) is 20.8 Å². The van der Waals surface area contributed by atoms with Crippen LogP contribution >= 0.6 is 11.6 Å². The lowest BCUT2D eigenvalue weighted by atomic mass is 10.2. The van der Waals surface area contributed by atoms with Gasteiger partial charge in [-0.05, 0) is 62.2 Å². The molecule has 3 aromatic rings. The maximum Gasteiger partial charge on any atom is 0.274 e. The van der Waals surface area contributed by atoms with Gasteiger partial charge in [-0.1, -0.05) is 23.7 Å². The zero-order valence-corrected chi connectivity index (χ0v) is 16.9. The first-order chi connectivity index (χ1) is 13.4. The molecule has 1 aromatic heterocycles. The van der Waals surface area contributed by atoms with E-state index in [0.29, 0.717) is 28.1 Å². The predicted molar refractivity (Wildman–Crippen MR) is 112 cm³/mol. The molecular weight excluding hydrogens is 376 g/mol. The van der Waals surface area contributed by atoms with Gasteiger partial charge >= 0.3 is 0 Å². The first kappa shape index (κ1) is 19.6. The van der Waals surface area contributed by atoms with Gasteiger partial charge in [-0.15, -0.1) is 0 Å². The van der Waals surface area contributed by atoms with Gasteiger partial charge in [-0.3, -0.25) is 4.79 Å². The van der Waals surface area contributed by atoms with Crippen LogP contribution < -0.4 is 15.4 Å². The molecule has 0 bridgehead atoms. The summed E-state index contributed by atoms with van der Waals surface area (Å²) in [6.07, 6.45) is 0. The minimum Gasteiger partial charge on any atom is -0.495 e. The second kappa shape index (κ2) is 8.27. The van der Waals surface area contributed by atoms with E-state index in [9.17, 15) is 4.79 Å². The third kappa shape index (κ3) is 4.58. The Hall–Kier alpha value is -3.12. The van der Waals surface area contributed by atoms with E-state index in [1.807, 2.05) is 45.0 Å². The third-order valence-corrected chi connectivity index (χ3v) is 4.37. The fraction of sp³-hybridized carbons (Fsp3) is 0.190. The average molecular weight is 397 g/mol. The third-order valence-electron chi connectivity index (χ3n) is 4.14. The SMILES string of the molecule is COc1ccc(C)cc1Nc1nc(C)cc(C(=O)Nc2cc(Cl)ccc2C)n1. The Labute approximate surface area is 168 Å². The molecule has 2 aromatic carbocycles. The Morgan fingerprint density at radius 2 is 1.79 bits per heavy atom. The summed E-state index contributed by atoms with van der Waals surface area (Å²) in [4.78, 5) is 21.5. The molecule has 3 rings (SSSR count). The zero-order valence-electron chi connectivity index (χ0n) is 16.1. The second-order valence-corrected chi connectivity index (χ2v) is 6.90. The topological polar surface area (TPSA) is 76.1 Å². The van der Waals surface area contributed by atoms with E-state index >= 15 is 0 Å². The largest absolute Gasteiger partial charge is 0.495 e. The first-order valence-corrected chi connectivity index (χ1v) is 9.08. The van der Waals surface area contributed by atoms with Crippen molar-refractivity contribution in [3.8, 4) is 5.75 Å². The number of carbonyl (C=O) groups is 1. The van der Waals surface area contributed by atoms with E-state index in [1.165, 1.54) is 0 Å². The fourth-order valence-electron chi connectivity index (χ4n) is 2.70. The highest BCUT2D eigenvalue weighted by molar-refractivity contribution is 6.31. The predicted octanol–water partition coefficient (Wildman–Crippen LogP) is 5.06. The molecule has 0 aliphatic carbocycles. The van der Waals surface area contributed by atoms with E-state index < -0.39 is 0 Å². The van der Waals surface area contributed by atoms with E-state index in [0.717, 1.165) is 16.8 Å². The number of nitrogens with one attached hydrogen (secondary N) is 2. The second-order valence-electron chi connectivity index (χ2n) is 6.46. The van der Waals surface area contributed by atoms with Gasteiger partial charge in [0.1, 0.15) is 11.4 Å². The molecule has 0 saturated carbocycles. The lowest BCUT2D eigenvalue weighted by molar-refractivity contribution is 0.102. The first-order valence-electron chi connectivity index (χ1n) is 8.70. The zero-order chi connectivity index (χ0) is 20.3. The molecular formula is C21H21ClN4O2. The molecule has 1 amide bonds. The highest BCUT2D eigenvalue weighted by atomic mass is 35.5. The van der Waals surface area contributed by atoms with E-state index in [4.69, 9.17) is 16.3 Å². The number of rotatable bonds is 5. The summed E-state index contributed by atoms with van der Waals surface area (Å²) in [7, 11) is 1.60. The standard InChI is InChI=1S/C21H21ClN4O2/c1-12-5-8-19(28-4)17(9-12)25-21-23-14(3)10-18(26-21)20(27)24-16-11-15(22)7-6-13(16)2/h5-11H,1-4H3,(H,24,27)(H,23,25,26). The number of carbonyl (C=O) groups excluding carboxylic acids is 1. The Morgan fingerprint density at radius 3 is 2.54 bits per heavy atom. The minimum absolute atomic E-state index is 0.251. The lowest BCUT2D eigenvalue weighted by Crippen LogP contribution is -2.16. The monoisotopic (exact) mass is 396 g/mol. The maximum absolute atomic E-state index is 12.7. The number of nitrogens with zero attached hydrogens (tertiary/aromatic N) is 2. The molecule has 0 radical (unpaired) electrons. The van der Waals surface area contributed by atoms with Crippen LogP contribution in [0.3, 0.4) is 0 Å². The van der Waals surface area contributed by atoms with Crippen molar-refractivity contribution in [1.29, 1.82) is 0 Å². The summed E-state index contributed by atoms with van der Waals surface area (Å²) in [5.74, 6) is 0.642. The summed E-state index contributed by atoms with van der Waals surface area (Å²) in [6, 6.07) is 12.7. The van der Waals surface area contributed by atoms with Crippen molar-refractivity contribution in [3.63, 3.8) is 0 Å². The molecule has 0 aliphatic heterocycles.